The first-order valence-electron chi connectivity index (χ1n) is 7.32. The summed E-state index contributed by atoms with van der Waals surface area (Å²) in [5.41, 5.74) is 0.579. The SMILES string of the molecule is CCN1CCCC1CN(C)S(=O)(=O)c1cnccc1NC. The molecule has 0 bridgehead atoms. The standard InChI is InChI=1S/C14H24N4O2S/c1-4-18-9-5-6-12(18)11-17(3)21(19,20)14-10-16-8-7-13(14)15-2/h7-8,10,12H,4-6,9,11H2,1-3H3,(H,15,16). The number of sulfonamides is 1. The Morgan fingerprint density at radius 3 is 2.95 bits per heavy atom. The monoisotopic (exact) mass is 312 g/mol. The first kappa shape index (κ1) is 16.2. The first-order chi connectivity index (χ1) is 10.0. The van der Waals surface area contributed by atoms with Crippen molar-refractivity contribution in [1.29, 1.82) is 0 Å². The molecule has 1 aromatic heterocycles. The lowest BCUT2D eigenvalue weighted by atomic mass is 10.2. The van der Waals surface area contributed by atoms with Crippen molar-refractivity contribution in [3.63, 3.8) is 0 Å². The number of hydrogen-bond acceptors (Lipinski definition) is 5. The average molecular weight is 312 g/mol. The van der Waals surface area contributed by atoms with Crippen LogP contribution in [0.4, 0.5) is 5.69 Å². The fourth-order valence-corrected chi connectivity index (χ4v) is 4.22. The summed E-state index contributed by atoms with van der Waals surface area (Å²) in [5, 5.41) is 2.91. The van der Waals surface area contributed by atoms with Gasteiger partial charge in [-0.3, -0.25) is 9.88 Å². The molecule has 0 aromatic carbocycles. The smallest absolute Gasteiger partial charge is 0.246 e. The molecule has 1 aliphatic rings. The fraction of sp³-hybridized carbons (Fsp3) is 0.643. The molecule has 1 aromatic rings. The van der Waals surface area contributed by atoms with Crippen LogP contribution in [0.25, 0.3) is 0 Å². The summed E-state index contributed by atoms with van der Waals surface area (Å²) in [6.07, 6.45) is 5.19. The van der Waals surface area contributed by atoms with E-state index in [4.69, 9.17) is 0 Å². The van der Waals surface area contributed by atoms with Gasteiger partial charge in [0.2, 0.25) is 10.0 Å². The van der Waals surface area contributed by atoms with E-state index in [1.165, 1.54) is 10.5 Å². The molecule has 0 radical (unpaired) electrons. The summed E-state index contributed by atoms with van der Waals surface area (Å²) in [6.45, 7) is 4.66. The minimum absolute atomic E-state index is 0.232. The van der Waals surface area contributed by atoms with Gasteiger partial charge in [0, 0.05) is 39.1 Å². The first-order valence-corrected chi connectivity index (χ1v) is 8.76. The van der Waals surface area contributed by atoms with Crippen LogP contribution < -0.4 is 5.32 Å². The lowest BCUT2D eigenvalue weighted by Gasteiger charge is -2.27. The van der Waals surface area contributed by atoms with Crippen LogP contribution in [0.1, 0.15) is 19.8 Å². The lowest BCUT2D eigenvalue weighted by Crippen LogP contribution is -2.41. The van der Waals surface area contributed by atoms with Gasteiger partial charge in [-0.05, 0) is 32.0 Å². The number of anilines is 1. The van der Waals surface area contributed by atoms with Crippen molar-refractivity contribution in [3.05, 3.63) is 18.5 Å². The molecule has 2 rings (SSSR count). The molecule has 1 atom stereocenters. The Morgan fingerprint density at radius 1 is 1.52 bits per heavy atom. The van der Waals surface area contributed by atoms with Crippen LogP contribution in [-0.4, -0.2) is 62.4 Å². The Bertz CT molecular complexity index is 576. The normalized spacial score (nSPS) is 20.1. The molecule has 7 heteroatoms. The summed E-state index contributed by atoms with van der Waals surface area (Å²) >= 11 is 0. The van der Waals surface area contributed by atoms with Crippen LogP contribution in [0.2, 0.25) is 0 Å². The average Bonchev–Trinajstić information content (AvgIpc) is 2.94. The molecule has 1 N–H and O–H groups in total. The fourth-order valence-electron chi connectivity index (χ4n) is 2.87. The van der Waals surface area contributed by atoms with Gasteiger partial charge in [-0.2, -0.15) is 4.31 Å². The third kappa shape index (κ3) is 3.36. The zero-order valence-electron chi connectivity index (χ0n) is 12.9. The molecule has 1 fully saturated rings. The van der Waals surface area contributed by atoms with E-state index in [2.05, 4.69) is 22.1 Å². The maximum absolute atomic E-state index is 12.7. The van der Waals surface area contributed by atoms with E-state index in [0.717, 1.165) is 25.9 Å². The highest BCUT2D eigenvalue weighted by Crippen LogP contribution is 2.24. The van der Waals surface area contributed by atoms with E-state index < -0.39 is 10.0 Å². The Labute approximate surface area is 127 Å². The quantitative estimate of drug-likeness (QED) is 0.856. The molecular weight excluding hydrogens is 288 g/mol. The number of likely N-dealkylation sites (tertiary alicyclic amines) is 1. The molecule has 0 spiro atoms. The minimum atomic E-state index is -3.52. The molecule has 1 unspecified atom stereocenters. The van der Waals surface area contributed by atoms with E-state index in [0.29, 0.717) is 18.3 Å². The molecule has 0 saturated carbocycles. The highest BCUT2D eigenvalue weighted by atomic mass is 32.2. The predicted molar refractivity (Wildman–Crippen MR) is 83.9 cm³/mol. The second-order valence-electron chi connectivity index (χ2n) is 5.33. The molecular formula is C14H24N4O2S. The van der Waals surface area contributed by atoms with Gasteiger partial charge in [0.05, 0.1) is 5.69 Å². The van der Waals surface area contributed by atoms with Gasteiger partial charge in [-0.25, -0.2) is 8.42 Å². The molecule has 21 heavy (non-hydrogen) atoms. The van der Waals surface area contributed by atoms with Crippen LogP contribution in [0, 0.1) is 0 Å². The molecule has 0 aliphatic carbocycles. The zero-order chi connectivity index (χ0) is 15.5. The van der Waals surface area contributed by atoms with Crippen LogP contribution in [0.3, 0.4) is 0 Å². The number of pyridine rings is 1. The van der Waals surface area contributed by atoms with Gasteiger partial charge in [0.25, 0.3) is 0 Å². The summed E-state index contributed by atoms with van der Waals surface area (Å²) in [7, 11) is -0.160. The van der Waals surface area contributed by atoms with E-state index >= 15 is 0 Å². The second-order valence-corrected chi connectivity index (χ2v) is 7.35. The van der Waals surface area contributed by atoms with Crippen molar-refractivity contribution in [2.75, 3.05) is 39.0 Å². The Balaban J connectivity index is 2.19. The highest BCUT2D eigenvalue weighted by molar-refractivity contribution is 7.89. The van der Waals surface area contributed by atoms with E-state index in [1.54, 1.807) is 26.4 Å². The number of rotatable bonds is 6. The molecule has 118 valence electrons. The Kier molecular flexibility index (Phi) is 5.18. The summed E-state index contributed by atoms with van der Waals surface area (Å²) in [5.74, 6) is 0. The van der Waals surface area contributed by atoms with Gasteiger partial charge < -0.3 is 5.32 Å². The van der Waals surface area contributed by atoms with Crippen LogP contribution in [0.15, 0.2) is 23.4 Å². The summed E-state index contributed by atoms with van der Waals surface area (Å²) < 4.78 is 26.9. The highest BCUT2D eigenvalue weighted by Gasteiger charge is 2.30. The summed E-state index contributed by atoms with van der Waals surface area (Å²) in [4.78, 5) is 6.52. The molecule has 1 saturated heterocycles. The molecule has 1 aliphatic heterocycles. The van der Waals surface area contributed by atoms with Gasteiger partial charge in [-0.1, -0.05) is 6.92 Å². The van der Waals surface area contributed by atoms with Gasteiger partial charge in [0.15, 0.2) is 0 Å². The van der Waals surface area contributed by atoms with Crippen molar-refractivity contribution in [2.24, 2.45) is 0 Å². The molecule has 2 heterocycles. The maximum Gasteiger partial charge on any atom is 0.246 e. The van der Waals surface area contributed by atoms with Crippen LogP contribution >= 0.6 is 0 Å². The van der Waals surface area contributed by atoms with E-state index in [-0.39, 0.29) is 4.90 Å². The minimum Gasteiger partial charge on any atom is -0.387 e. The van der Waals surface area contributed by atoms with Crippen LogP contribution in [-0.2, 0) is 10.0 Å². The van der Waals surface area contributed by atoms with Crippen LogP contribution in [0.5, 0.6) is 0 Å². The third-order valence-electron chi connectivity index (χ3n) is 4.12. The zero-order valence-corrected chi connectivity index (χ0v) is 13.7. The van der Waals surface area contributed by atoms with E-state index in [9.17, 15) is 8.42 Å². The number of nitrogens with zero attached hydrogens (tertiary/aromatic N) is 3. The van der Waals surface area contributed by atoms with Crippen molar-refractivity contribution < 1.29 is 8.42 Å². The number of aromatic nitrogens is 1. The second kappa shape index (κ2) is 6.72. The van der Waals surface area contributed by atoms with Crippen molar-refractivity contribution in [1.82, 2.24) is 14.2 Å². The number of likely N-dealkylation sites (N-methyl/N-ethyl adjacent to an activating group) is 2. The largest absolute Gasteiger partial charge is 0.387 e. The van der Waals surface area contributed by atoms with Crippen molar-refractivity contribution in [2.45, 2.75) is 30.7 Å². The van der Waals surface area contributed by atoms with Gasteiger partial charge in [-0.15, -0.1) is 0 Å². The van der Waals surface area contributed by atoms with Gasteiger partial charge >= 0.3 is 0 Å². The van der Waals surface area contributed by atoms with Gasteiger partial charge in [0.1, 0.15) is 4.90 Å². The third-order valence-corrected chi connectivity index (χ3v) is 5.97. The Hall–Kier alpha value is -1.18. The summed E-state index contributed by atoms with van der Waals surface area (Å²) in [6, 6.07) is 1.98. The van der Waals surface area contributed by atoms with Crippen molar-refractivity contribution in [3.8, 4) is 0 Å². The maximum atomic E-state index is 12.7. The molecule has 6 nitrogen and oxygen atoms in total. The Morgan fingerprint density at radius 2 is 2.29 bits per heavy atom. The van der Waals surface area contributed by atoms with E-state index in [1.807, 2.05) is 0 Å². The number of hydrogen-bond donors (Lipinski definition) is 1. The van der Waals surface area contributed by atoms with Crippen molar-refractivity contribution >= 4 is 15.7 Å². The number of nitrogens with one attached hydrogen (secondary N) is 1. The predicted octanol–water partition coefficient (Wildman–Crippen LogP) is 1.23. The topological polar surface area (TPSA) is 65.5 Å². The lowest BCUT2D eigenvalue weighted by molar-refractivity contribution is 0.237. The molecule has 0 amide bonds.